The lowest BCUT2D eigenvalue weighted by Crippen LogP contribution is -2.44. The molecule has 1 aromatic heterocycles. The Labute approximate surface area is 156 Å². The summed E-state index contributed by atoms with van der Waals surface area (Å²) in [5.41, 5.74) is 1.48. The second-order valence-corrected chi connectivity index (χ2v) is 7.28. The molecule has 2 aliphatic rings. The van der Waals surface area contributed by atoms with Crippen LogP contribution >= 0.6 is 0 Å². The van der Waals surface area contributed by atoms with Gasteiger partial charge in [0.2, 0.25) is 0 Å². The highest BCUT2D eigenvalue weighted by molar-refractivity contribution is 5.79. The molecule has 1 saturated heterocycles. The van der Waals surface area contributed by atoms with Gasteiger partial charge in [0.25, 0.3) is 0 Å². The van der Waals surface area contributed by atoms with Gasteiger partial charge in [0.15, 0.2) is 17.1 Å². The van der Waals surface area contributed by atoms with Gasteiger partial charge in [0, 0.05) is 23.9 Å². The minimum atomic E-state index is -0.295. The van der Waals surface area contributed by atoms with Crippen molar-refractivity contribution in [1.29, 1.82) is 0 Å². The molecule has 3 heterocycles. The number of benzene rings is 2. The maximum absolute atomic E-state index is 13.3. The Bertz CT molecular complexity index is 950. The third-order valence-electron chi connectivity index (χ3n) is 5.47. The van der Waals surface area contributed by atoms with Crippen LogP contribution in [0, 0.1) is 5.82 Å². The van der Waals surface area contributed by atoms with Gasteiger partial charge in [-0.1, -0.05) is 17.3 Å². The van der Waals surface area contributed by atoms with Gasteiger partial charge < -0.3 is 14.0 Å². The van der Waals surface area contributed by atoms with E-state index in [1.807, 2.05) is 24.3 Å². The first-order chi connectivity index (χ1) is 13.3. The monoisotopic (exact) mass is 368 g/mol. The highest BCUT2D eigenvalue weighted by Gasteiger charge is 2.28. The second-order valence-electron chi connectivity index (χ2n) is 7.28. The van der Waals surface area contributed by atoms with Gasteiger partial charge in [0.05, 0.1) is 5.69 Å². The van der Waals surface area contributed by atoms with E-state index in [1.54, 1.807) is 6.07 Å². The van der Waals surface area contributed by atoms with E-state index in [4.69, 9.17) is 14.0 Å². The van der Waals surface area contributed by atoms with E-state index in [-0.39, 0.29) is 11.9 Å². The molecule has 0 amide bonds. The van der Waals surface area contributed by atoms with Gasteiger partial charge >= 0.3 is 0 Å². The van der Waals surface area contributed by atoms with Gasteiger partial charge in [0.1, 0.15) is 18.5 Å². The Kier molecular flexibility index (Phi) is 4.20. The maximum atomic E-state index is 13.3. The number of para-hydroxylation sites is 2. The summed E-state index contributed by atoms with van der Waals surface area (Å²) in [5.74, 6) is 1.69. The van der Waals surface area contributed by atoms with Crippen molar-refractivity contribution in [2.24, 2.45) is 0 Å². The first-order valence-corrected chi connectivity index (χ1v) is 9.42. The number of fused-ring (bicyclic) bond motifs is 2. The molecule has 2 aliphatic heterocycles. The Balaban J connectivity index is 1.21. The van der Waals surface area contributed by atoms with Crippen LogP contribution in [0.4, 0.5) is 4.39 Å². The van der Waals surface area contributed by atoms with Crippen LogP contribution in [-0.4, -0.2) is 42.4 Å². The van der Waals surface area contributed by atoms with Crippen molar-refractivity contribution in [2.75, 3.05) is 26.2 Å². The largest absolute Gasteiger partial charge is 0.486 e. The highest BCUT2D eigenvalue weighted by atomic mass is 19.1. The zero-order chi connectivity index (χ0) is 18.2. The summed E-state index contributed by atoms with van der Waals surface area (Å²) in [7, 11) is 0. The molecule has 0 N–H and O–H groups in total. The smallest absolute Gasteiger partial charge is 0.170 e. The molecule has 5 nitrogen and oxygen atoms in total. The fraction of sp³-hybridized carbons (Fsp3) is 0.381. The first kappa shape index (κ1) is 16.6. The van der Waals surface area contributed by atoms with Crippen LogP contribution < -0.4 is 9.47 Å². The zero-order valence-electron chi connectivity index (χ0n) is 14.9. The quantitative estimate of drug-likeness (QED) is 0.700. The van der Waals surface area contributed by atoms with Gasteiger partial charge in [-0.2, -0.15) is 0 Å². The summed E-state index contributed by atoms with van der Waals surface area (Å²) in [6.07, 6.45) is 2.05. The molecule has 1 fully saturated rings. The van der Waals surface area contributed by atoms with Crippen molar-refractivity contribution < 1.29 is 18.4 Å². The minimum Gasteiger partial charge on any atom is -0.486 e. The van der Waals surface area contributed by atoms with E-state index in [1.165, 1.54) is 12.1 Å². The number of likely N-dealkylation sites (tertiary alicyclic amines) is 1. The van der Waals surface area contributed by atoms with Crippen molar-refractivity contribution in [3.63, 3.8) is 0 Å². The van der Waals surface area contributed by atoms with Crippen molar-refractivity contribution in [3.05, 3.63) is 54.0 Å². The summed E-state index contributed by atoms with van der Waals surface area (Å²) >= 11 is 0. The SMILES string of the molecule is Fc1ccc2c(C3CCN(CC4COc5ccccc5O4)CC3)noc2c1. The predicted molar refractivity (Wildman–Crippen MR) is 98.7 cm³/mol. The Morgan fingerprint density at radius 1 is 1.07 bits per heavy atom. The third kappa shape index (κ3) is 3.25. The summed E-state index contributed by atoms with van der Waals surface area (Å²) in [6, 6.07) is 12.4. The molecule has 0 radical (unpaired) electrons. The molecule has 140 valence electrons. The van der Waals surface area contributed by atoms with Crippen molar-refractivity contribution >= 4 is 11.0 Å². The number of aromatic nitrogens is 1. The van der Waals surface area contributed by atoms with Crippen LogP contribution in [0.1, 0.15) is 24.5 Å². The summed E-state index contributed by atoms with van der Waals surface area (Å²) < 4.78 is 30.5. The number of nitrogens with zero attached hydrogens (tertiary/aromatic N) is 2. The Morgan fingerprint density at radius 3 is 2.74 bits per heavy atom. The van der Waals surface area contributed by atoms with E-state index in [0.717, 1.165) is 55.1 Å². The number of halogens is 1. The fourth-order valence-corrected chi connectivity index (χ4v) is 4.06. The van der Waals surface area contributed by atoms with Gasteiger partial charge in [-0.15, -0.1) is 0 Å². The lowest BCUT2D eigenvalue weighted by atomic mass is 9.91. The van der Waals surface area contributed by atoms with Crippen LogP contribution in [0.3, 0.4) is 0 Å². The van der Waals surface area contributed by atoms with E-state index >= 15 is 0 Å². The van der Waals surface area contributed by atoms with Gasteiger partial charge in [-0.25, -0.2) is 4.39 Å². The normalized spacial score (nSPS) is 20.9. The molecule has 6 heteroatoms. The van der Waals surface area contributed by atoms with Crippen LogP contribution in [0.2, 0.25) is 0 Å². The number of hydrogen-bond acceptors (Lipinski definition) is 5. The predicted octanol–water partition coefficient (Wildman–Crippen LogP) is 3.99. The van der Waals surface area contributed by atoms with E-state index in [9.17, 15) is 4.39 Å². The number of rotatable bonds is 3. The van der Waals surface area contributed by atoms with Crippen molar-refractivity contribution in [1.82, 2.24) is 10.1 Å². The van der Waals surface area contributed by atoms with Crippen molar-refractivity contribution in [2.45, 2.75) is 24.9 Å². The van der Waals surface area contributed by atoms with Gasteiger partial charge in [-0.05, 0) is 50.2 Å². The number of piperidine rings is 1. The average Bonchev–Trinajstić information content (AvgIpc) is 3.11. The van der Waals surface area contributed by atoms with Crippen molar-refractivity contribution in [3.8, 4) is 11.5 Å². The Morgan fingerprint density at radius 2 is 1.89 bits per heavy atom. The maximum Gasteiger partial charge on any atom is 0.170 e. The summed E-state index contributed by atoms with van der Waals surface area (Å²) in [5, 5.41) is 5.15. The lowest BCUT2D eigenvalue weighted by molar-refractivity contribution is 0.0512. The molecular weight excluding hydrogens is 347 g/mol. The molecule has 0 aliphatic carbocycles. The molecule has 27 heavy (non-hydrogen) atoms. The number of hydrogen-bond donors (Lipinski definition) is 0. The minimum absolute atomic E-state index is 0.0484. The first-order valence-electron chi connectivity index (χ1n) is 9.42. The molecule has 0 bridgehead atoms. The lowest BCUT2D eigenvalue weighted by Gasteiger charge is -2.35. The molecular formula is C21H21FN2O3. The van der Waals surface area contributed by atoms with Gasteiger partial charge in [-0.3, -0.25) is 4.90 Å². The topological polar surface area (TPSA) is 47.7 Å². The molecule has 0 spiro atoms. The van der Waals surface area contributed by atoms with Crippen LogP contribution in [0.15, 0.2) is 47.0 Å². The standard InChI is InChI=1S/C21H21FN2O3/c22-15-5-6-17-20(11-15)27-23-21(17)14-7-9-24(10-8-14)12-16-13-25-18-3-1-2-4-19(18)26-16/h1-6,11,14,16H,7-10,12-13H2. The van der Waals surface area contributed by atoms with E-state index < -0.39 is 0 Å². The second kappa shape index (κ2) is 6.85. The fourth-order valence-electron chi connectivity index (χ4n) is 4.06. The molecule has 1 unspecified atom stereocenters. The average molecular weight is 368 g/mol. The highest BCUT2D eigenvalue weighted by Crippen LogP contribution is 2.34. The summed E-state index contributed by atoms with van der Waals surface area (Å²) in [4.78, 5) is 2.42. The molecule has 5 rings (SSSR count). The van der Waals surface area contributed by atoms with E-state index in [2.05, 4.69) is 10.1 Å². The molecule has 1 atom stereocenters. The molecule has 2 aromatic carbocycles. The Hall–Kier alpha value is -2.60. The van der Waals surface area contributed by atoms with E-state index in [0.29, 0.717) is 18.1 Å². The third-order valence-corrected chi connectivity index (χ3v) is 5.47. The molecule has 3 aromatic rings. The zero-order valence-corrected chi connectivity index (χ0v) is 14.9. The number of ether oxygens (including phenoxy) is 2. The van der Waals surface area contributed by atoms with Crippen LogP contribution in [0.25, 0.3) is 11.0 Å². The molecule has 0 saturated carbocycles. The van der Waals surface area contributed by atoms with Crippen LogP contribution in [0.5, 0.6) is 11.5 Å². The van der Waals surface area contributed by atoms with Crippen LogP contribution in [-0.2, 0) is 0 Å². The summed E-state index contributed by atoms with van der Waals surface area (Å²) in [6.45, 7) is 3.38.